The fourth-order valence-electron chi connectivity index (χ4n) is 2.04. The van der Waals surface area contributed by atoms with Crippen LogP contribution in [0, 0.1) is 11.6 Å². The number of rotatable bonds is 5. The monoisotopic (exact) mass is 272 g/mol. The van der Waals surface area contributed by atoms with Crippen LogP contribution in [0.5, 0.6) is 0 Å². The van der Waals surface area contributed by atoms with Crippen molar-refractivity contribution in [3.8, 4) is 0 Å². The van der Waals surface area contributed by atoms with Crippen LogP contribution >= 0.6 is 0 Å². The molecule has 1 fully saturated rings. The standard InChI is InChI=1S/C13H18F2N2O2/c14-10-5-11(15)7-12(6-10)16-8-13(18)9-17-1-3-19-4-2-17/h5-7,13,16,18H,1-4,8-9H2. The number of nitrogens with one attached hydrogen (secondary N) is 1. The lowest BCUT2D eigenvalue weighted by Gasteiger charge is -2.28. The Morgan fingerprint density at radius 2 is 1.84 bits per heavy atom. The number of hydrogen-bond donors (Lipinski definition) is 2. The molecule has 4 nitrogen and oxygen atoms in total. The summed E-state index contributed by atoms with van der Waals surface area (Å²) in [4.78, 5) is 2.10. The maximum atomic E-state index is 13.0. The molecule has 1 heterocycles. The zero-order valence-corrected chi connectivity index (χ0v) is 10.6. The number of morpholine rings is 1. The van der Waals surface area contributed by atoms with Crippen molar-refractivity contribution in [3.63, 3.8) is 0 Å². The molecule has 1 aliphatic heterocycles. The summed E-state index contributed by atoms with van der Waals surface area (Å²) in [5.74, 6) is -1.27. The van der Waals surface area contributed by atoms with E-state index in [2.05, 4.69) is 10.2 Å². The first kappa shape index (κ1) is 14.2. The highest BCUT2D eigenvalue weighted by Gasteiger charge is 2.14. The lowest BCUT2D eigenvalue weighted by molar-refractivity contribution is 0.0171. The second-order valence-electron chi connectivity index (χ2n) is 4.61. The van der Waals surface area contributed by atoms with Crippen molar-refractivity contribution in [2.45, 2.75) is 6.10 Å². The Balaban J connectivity index is 1.77. The molecule has 1 aliphatic rings. The van der Waals surface area contributed by atoms with E-state index in [1.807, 2.05) is 0 Å². The number of hydrogen-bond acceptors (Lipinski definition) is 4. The van der Waals surface area contributed by atoms with E-state index in [1.54, 1.807) is 0 Å². The highest BCUT2D eigenvalue weighted by molar-refractivity contribution is 5.43. The molecule has 1 aromatic rings. The lowest BCUT2D eigenvalue weighted by Crippen LogP contribution is -2.42. The fraction of sp³-hybridized carbons (Fsp3) is 0.538. The van der Waals surface area contributed by atoms with Gasteiger partial charge in [0.15, 0.2) is 0 Å². The molecule has 1 atom stereocenters. The van der Waals surface area contributed by atoms with E-state index in [0.29, 0.717) is 25.4 Å². The summed E-state index contributed by atoms with van der Waals surface area (Å²) < 4.78 is 31.1. The van der Waals surface area contributed by atoms with E-state index in [-0.39, 0.29) is 6.54 Å². The van der Waals surface area contributed by atoms with Gasteiger partial charge < -0.3 is 15.2 Å². The Hall–Kier alpha value is -1.24. The summed E-state index contributed by atoms with van der Waals surface area (Å²) in [6.45, 7) is 3.72. The zero-order chi connectivity index (χ0) is 13.7. The molecule has 2 rings (SSSR count). The van der Waals surface area contributed by atoms with Crippen LogP contribution in [0.1, 0.15) is 0 Å². The van der Waals surface area contributed by atoms with Gasteiger partial charge in [-0.3, -0.25) is 4.90 Å². The van der Waals surface area contributed by atoms with Gasteiger partial charge in [-0.1, -0.05) is 0 Å². The smallest absolute Gasteiger partial charge is 0.128 e. The molecule has 1 aromatic carbocycles. The molecule has 0 saturated carbocycles. The molecule has 2 N–H and O–H groups in total. The summed E-state index contributed by atoms with van der Waals surface area (Å²) in [7, 11) is 0. The summed E-state index contributed by atoms with van der Waals surface area (Å²) >= 11 is 0. The highest BCUT2D eigenvalue weighted by atomic mass is 19.1. The third kappa shape index (κ3) is 4.74. The minimum Gasteiger partial charge on any atom is -0.390 e. The van der Waals surface area contributed by atoms with Crippen molar-refractivity contribution in [2.75, 3.05) is 44.7 Å². The predicted octanol–water partition coefficient (Wildman–Crippen LogP) is 1.07. The molecule has 106 valence electrons. The van der Waals surface area contributed by atoms with Crippen LogP contribution in [0.25, 0.3) is 0 Å². The fourth-order valence-corrected chi connectivity index (χ4v) is 2.04. The summed E-state index contributed by atoms with van der Waals surface area (Å²) in [6.07, 6.45) is -0.593. The van der Waals surface area contributed by atoms with Gasteiger partial charge in [0, 0.05) is 37.9 Å². The Labute approximate surface area is 111 Å². The van der Waals surface area contributed by atoms with Crippen LogP contribution in [0.15, 0.2) is 18.2 Å². The predicted molar refractivity (Wildman–Crippen MR) is 68.1 cm³/mol. The molecular weight excluding hydrogens is 254 g/mol. The molecule has 1 saturated heterocycles. The topological polar surface area (TPSA) is 44.7 Å². The Bertz CT molecular complexity index is 391. The number of aliphatic hydroxyl groups excluding tert-OH is 1. The average Bonchev–Trinajstić information content (AvgIpc) is 2.36. The van der Waals surface area contributed by atoms with E-state index in [9.17, 15) is 13.9 Å². The van der Waals surface area contributed by atoms with Crippen LogP contribution < -0.4 is 5.32 Å². The van der Waals surface area contributed by atoms with Crippen molar-refractivity contribution in [2.24, 2.45) is 0 Å². The molecule has 0 radical (unpaired) electrons. The molecule has 1 unspecified atom stereocenters. The van der Waals surface area contributed by atoms with E-state index in [0.717, 1.165) is 19.2 Å². The van der Waals surface area contributed by atoms with Crippen molar-refractivity contribution in [1.29, 1.82) is 0 Å². The van der Waals surface area contributed by atoms with Crippen molar-refractivity contribution in [1.82, 2.24) is 4.90 Å². The minimum atomic E-state index is -0.634. The largest absolute Gasteiger partial charge is 0.390 e. The first-order valence-electron chi connectivity index (χ1n) is 6.31. The highest BCUT2D eigenvalue weighted by Crippen LogP contribution is 2.12. The van der Waals surface area contributed by atoms with Crippen molar-refractivity contribution < 1.29 is 18.6 Å². The van der Waals surface area contributed by atoms with Crippen LogP contribution in [0.3, 0.4) is 0 Å². The van der Waals surface area contributed by atoms with Gasteiger partial charge >= 0.3 is 0 Å². The van der Waals surface area contributed by atoms with Gasteiger partial charge in [-0.15, -0.1) is 0 Å². The number of halogens is 2. The van der Waals surface area contributed by atoms with Gasteiger partial charge in [0.1, 0.15) is 11.6 Å². The first-order chi connectivity index (χ1) is 9.13. The maximum Gasteiger partial charge on any atom is 0.128 e. The summed E-state index contributed by atoms with van der Waals surface area (Å²) in [5, 5.41) is 12.7. The average molecular weight is 272 g/mol. The summed E-state index contributed by atoms with van der Waals surface area (Å²) in [6, 6.07) is 3.21. The molecular formula is C13H18F2N2O2. The summed E-state index contributed by atoms with van der Waals surface area (Å²) in [5.41, 5.74) is 0.332. The second-order valence-corrected chi connectivity index (χ2v) is 4.61. The lowest BCUT2D eigenvalue weighted by atomic mass is 10.2. The van der Waals surface area contributed by atoms with E-state index >= 15 is 0 Å². The van der Waals surface area contributed by atoms with Crippen molar-refractivity contribution >= 4 is 5.69 Å². The Morgan fingerprint density at radius 3 is 2.47 bits per heavy atom. The van der Waals surface area contributed by atoms with E-state index < -0.39 is 17.7 Å². The van der Waals surface area contributed by atoms with Gasteiger partial charge in [0.25, 0.3) is 0 Å². The van der Waals surface area contributed by atoms with Gasteiger partial charge in [0.2, 0.25) is 0 Å². The molecule has 0 spiro atoms. The number of aliphatic hydroxyl groups is 1. The zero-order valence-electron chi connectivity index (χ0n) is 10.6. The number of anilines is 1. The molecule has 0 aliphatic carbocycles. The van der Waals surface area contributed by atoms with Gasteiger partial charge in [-0.2, -0.15) is 0 Å². The van der Waals surface area contributed by atoms with E-state index in [1.165, 1.54) is 12.1 Å². The number of ether oxygens (including phenoxy) is 1. The first-order valence-corrected chi connectivity index (χ1v) is 6.31. The number of benzene rings is 1. The van der Waals surface area contributed by atoms with Crippen molar-refractivity contribution in [3.05, 3.63) is 29.8 Å². The Kier molecular flexibility index (Phi) is 5.07. The second kappa shape index (κ2) is 6.79. The SMILES string of the molecule is OC(CNc1cc(F)cc(F)c1)CN1CCOCC1. The molecule has 0 aromatic heterocycles. The normalized spacial score (nSPS) is 18.3. The van der Waals surface area contributed by atoms with Gasteiger partial charge in [0.05, 0.1) is 19.3 Å². The quantitative estimate of drug-likeness (QED) is 0.841. The van der Waals surface area contributed by atoms with Gasteiger partial charge in [-0.25, -0.2) is 8.78 Å². The van der Waals surface area contributed by atoms with Gasteiger partial charge in [-0.05, 0) is 12.1 Å². The van der Waals surface area contributed by atoms with Crippen LogP contribution in [-0.2, 0) is 4.74 Å². The third-order valence-corrected chi connectivity index (χ3v) is 2.98. The molecule has 0 amide bonds. The van der Waals surface area contributed by atoms with Crippen LogP contribution in [-0.4, -0.2) is 55.5 Å². The maximum absolute atomic E-state index is 13.0. The number of nitrogens with zero attached hydrogens (tertiary/aromatic N) is 1. The number of β-amino-alcohol motifs (C(OH)–C–C–N with tert-alkyl or cyclic N) is 1. The minimum absolute atomic E-state index is 0.250. The third-order valence-electron chi connectivity index (χ3n) is 2.98. The van der Waals surface area contributed by atoms with Crippen LogP contribution in [0.2, 0.25) is 0 Å². The molecule has 19 heavy (non-hydrogen) atoms. The van der Waals surface area contributed by atoms with Crippen LogP contribution in [0.4, 0.5) is 14.5 Å². The van der Waals surface area contributed by atoms with E-state index in [4.69, 9.17) is 4.74 Å². The molecule has 6 heteroatoms. The Morgan fingerprint density at radius 1 is 1.21 bits per heavy atom. The molecule has 0 bridgehead atoms.